The molecule has 25 heavy (non-hydrogen) atoms. The van der Waals surface area contributed by atoms with Crippen LogP contribution in [-0.2, 0) is 16.4 Å². The second kappa shape index (κ2) is 7.17. The lowest BCUT2D eigenvalue weighted by molar-refractivity contribution is 0.0683. The lowest BCUT2D eigenvalue weighted by Gasteiger charge is -2.28. The Morgan fingerprint density at radius 2 is 2.00 bits per heavy atom. The third-order valence-electron chi connectivity index (χ3n) is 4.53. The Bertz CT molecular complexity index is 855. The maximum Gasteiger partial charge on any atom is 0.254 e. The number of nitrogens with zero attached hydrogens (tertiary/aromatic N) is 1. The van der Waals surface area contributed by atoms with E-state index in [-0.39, 0.29) is 23.5 Å². The van der Waals surface area contributed by atoms with Crippen molar-refractivity contribution in [2.24, 2.45) is 0 Å². The molecule has 134 valence electrons. The monoisotopic (exact) mass is 379 g/mol. The van der Waals surface area contributed by atoms with E-state index in [2.05, 4.69) is 0 Å². The first-order valence-electron chi connectivity index (χ1n) is 8.08. The highest BCUT2D eigenvalue weighted by Crippen LogP contribution is 2.26. The number of aryl methyl sites for hydroxylation is 1. The van der Waals surface area contributed by atoms with Gasteiger partial charge in [0.2, 0.25) is 0 Å². The van der Waals surface area contributed by atoms with Crippen molar-refractivity contribution in [2.45, 2.75) is 25.9 Å². The quantitative estimate of drug-likeness (QED) is 0.801. The Morgan fingerprint density at radius 1 is 1.28 bits per heavy atom. The number of hydrogen-bond donors (Lipinski definition) is 0. The first-order chi connectivity index (χ1) is 11.9. The highest BCUT2D eigenvalue weighted by atomic mass is 32.2. The molecule has 3 rings (SSSR count). The van der Waals surface area contributed by atoms with E-state index >= 15 is 0 Å². The van der Waals surface area contributed by atoms with E-state index in [4.69, 9.17) is 4.74 Å². The van der Waals surface area contributed by atoms with Crippen LogP contribution in [-0.4, -0.2) is 43.9 Å². The fraction of sp³-hybridized carbons (Fsp3) is 0.389. The normalized spacial score (nSPS) is 18.9. The third kappa shape index (κ3) is 4.04. The van der Waals surface area contributed by atoms with Crippen LogP contribution in [0.2, 0.25) is 0 Å². The predicted octanol–water partition coefficient (Wildman–Crippen LogP) is 2.89. The number of carbonyl (C=O) groups excluding carboxylic acids is 1. The van der Waals surface area contributed by atoms with Gasteiger partial charge >= 0.3 is 0 Å². The molecule has 0 spiro atoms. The molecule has 5 nitrogen and oxygen atoms in total. The summed E-state index contributed by atoms with van der Waals surface area (Å²) in [5.41, 5.74) is 1.66. The Labute approximate surface area is 152 Å². The molecule has 1 aromatic heterocycles. The summed E-state index contributed by atoms with van der Waals surface area (Å²) in [6.45, 7) is 2.45. The zero-order chi connectivity index (χ0) is 18.0. The number of sulfone groups is 1. The molecular formula is C18H21NO4S2. The smallest absolute Gasteiger partial charge is 0.254 e. The molecule has 0 saturated carbocycles. The van der Waals surface area contributed by atoms with Gasteiger partial charge in [-0.3, -0.25) is 4.79 Å². The van der Waals surface area contributed by atoms with E-state index in [1.165, 1.54) is 0 Å². The van der Waals surface area contributed by atoms with Crippen LogP contribution in [0.4, 0.5) is 0 Å². The minimum atomic E-state index is -3.07. The summed E-state index contributed by atoms with van der Waals surface area (Å²) in [6, 6.07) is 8.67. The van der Waals surface area contributed by atoms with Gasteiger partial charge in [0, 0.05) is 16.5 Å². The van der Waals surface area contributed by atoms with Gasteiger partial charge in [-0.1, -0.05) is 0 Å². The minimum absolute atomic E-state index is 0.0410. The van der Waals surface area contributed by atoms with Crippen LogP contribution in [0.15, 0.2) is 35.7 Å². The van der Waals surface area contributed by atoms with Gasteiger partial charge < -0.3 is 9.64 Å². The third-order valence-corrected chi connectivity index (χ3v) is 7.29. The summed E-state index contributed by atoms with van der Waals surface area (Å²) < 4.78 is 28.9. The van der Waals surface area contributed by atoms with Crippen molar-refractivity contribution in [1.29, 1.82) is 0 Å². The molecule has 2 heterocycles. The predicted molar refractivity (Wildman–Crippen MR) is 99.0 cm³/mol. The molecule has 2 aromatic rings. The van der Waals surface area contributed by atoms with Gasteiger partial charge in [-0.25, -0.2) is 8.42 Å². The van der Waals surface area contributed by atoms with Crippen molar-refractivity contribution in [3.8, 4) is 5.75 Å². The largest absolute Gasteiger partial charge is 0.497 e. The van der Waals surface area contributed by atoms with E-state index in [1.54, 1.807) is 47.6 Å². The Morgan fingerprint density at radius 3 is 2.52 bits per heavy atom. The van der Waals surface area contributed by atoms with Crippen molar-refractivity contribution in [3.05, 3.63) is 51.7 Å². The van der Waals surface area contributed by atoms with E-state index in [1.807, 2.05) is 18.4 Å². The van der Waals surface area contributed by atoms with Gasteiger partial charge in [0.15, 0.2) is 9.84 Å². The molecule has 0 radical (unpaired) electrons. The number of amides is 1. The van der Waals surface area contributed by atoms with Crippen molar-refractivity contribution in [1.82, 2.24) is 4.90 Å². The van der Waals surface area contributed by atoms with E-state index < -0.39 is 9.84 Å². The minimum Gasteiger partial charge on any atom is -0.497 e. The number of carbonyl (C=O) groups is 1. The fourth-order valence-electron chi connectivity index (χ4n) is 3.01. The van der Waals surface area contributed by atoms with Crippen LogP contribution in [0.1, 0.15) is 27.2 Å². The number of hydrogen-bond acceptors (Lipinski definition) is 5. The second-order valence-electron chi connectivity index (χ2n) is 6.25. The first kappa shape index (κ1) is 17.9. The molecule has 1 fully saturated rings. The summed E-state index contributed by atoms with van der Waals surface area (Å²) >= 11 is 1.59. The number of rotatable bonds is 5. The highest BCUT2D eigenvalue weighted by Gasteiger charge is 2.35. The average molecular weight is 380 g/mol. The molecular weight excluding hydrogens is 358 g/mol. The SMILES string of the molecule is COc1ccc(C(=O)N(Cc2sccc2C)[C@@H]2CCS(=O)(=O)C2)cc1. The number of benzene rings is 1. The molecule has 1 aliphatic rings. The summed E-state index contributed by atoms with van der Waals surface area (Å²) in [5.74, 6) is 0.727. The maximum atomic E-state index is 13.1. The van der Waals surface area contributed by atoms with Crippen LogP contribution in [0.3, 0.4) is 0 Å². The molecule has 1 saturated heterocycles. The van der Waals surface area contributed by atoms with Crippen LogP contribution < -0.4 is 4.74 Å². The zero-order valence-corrected chi connectivity index (χ0v) is 15.9. The summed E-state index contributed by atoms with van der Waals surface area (Å²) in [5, 5.41) is 1.99. The molecule has 1 aromatic carbocycles. The molecule has 0 N–H and O–H groups in total. The second-order valence-corrected chi connectivity index (χ2v) is 9.47. The standard InChI is InChI=1S/C18H21NO4S2/c1-13-7-9-24-17(13)11-19(15-8-10-25(21,22)12-15)18(20)14-3-5-16(23-2)6-4-14/h3-7,9,15H,8,10-12H2,1-2H3/t15-/m1/s1. The van der Waals surface area contributed by atoms with Crippen LogP contribution >= 0.6 is 11.3 Å². The van der Waals surface area contributed by atoms with Crippen LogP contribution in [0.25, 0.3) is 0 Å². The number of methoxy groups -OCH3 is 1. The highest BCUT2D eigenvalue weighted by molar-refractivity contribution is 7.91. The first-order valence-corrected chi connectivity index (χ1v) is 10.8. The van der Waals surface area contributed by atoms with E-state index in [9.17, 15) is 13.2 Å². The maximum absolute atomic E-state index is 13.1. The molecule has 1 amide bonds. The molecule has 0 aliphatic carbocycles. The lowest BCUT2D eigenvalue weighted by Crippen LogP contribution is -2.40. The Balaban J connectivity index is 1.89. The van der Waals surface area contributed by atoms with Crippen LogP contribution in [0, 0.1) is 6.92 Å². The topological polar surface area (TPSA) is 63.7 Å². The van der Waals surface area contributed by atoms with Gasteiger partial charge in [0.05, 0.1) is 25.2 Å². The molecule has 1 atom stereocenters. The lowest BCUT2D eigenvalue weighted by atomic mass is 10.1. The van der Waals surface area contributed by atoms with Gasteiger partial charge in [0.25, 0.3) is 5.91 Å². The van der Waals surface area contributed by atoms with E-state index in [0.717, 1.165) is 10.4 Å². The number of ether oxygens (including phenoxy) is 1. The average Bonchev–Trinajstić information content (AvgIpc) is 3.17. The Kier molecular flexibility index (Phi) is 5.15. The summed E-state index contributed by atoms with van der Waals surface area (Å²) in [6.07, 6.45) is 0.495. The van der Waals surface area contributed by atoms with Crippen molar-refractivity contribution >= 4 is 27.1 Å². The van der Waals surface area contributed by atoms with E-state index in [0.29, 0.717) is 24.3 Å². The molecule has 7 heteroatoms. The van der Waals surface area contributed by atoms with Crippen molar-refractivity contribution < 1.29 is 17.9 Å². The summed E-state index contributed by atoms with van der Waals surface area (Å²) in [7, 11) is -1.49. The van der Waals surface area contributed by atoms with Gasteiger partial charge in [0.1, 0.15) is 5.75 Å². The number of thiophene rings is 1. The van der Waals surface area contributed by atoms with Gasteiger partial charge in [-0.2, -0.15) is 0 Å². The van der Waals surface area contributed by atoms with Gasteiger partial charge in [-0.15, -0.1) is 11.3 Å². The Hall–Kier alpha value is -1.86. The fourth-order valence-corrected chi connectivity index (χ4v) is 5.64. The zero-order valence-electron chi connectivity index (χ0n) is 14.3. The molecule has 1 aliphatic heterocycles. The molecule has 0 unspecified atom stereocenters. The van der Waals surface area contributed by atoms with Gasteiger partial charge in [-0.05, 0) is 54.6 Å². The summed E-state index contributed by atoms with van der Waals surface area (Å²) in [4.78, 5) is 15.9. The van der Waals surface area contributed by atoms with Crippen LogP contribution in [0.5, 0.6) is 5.75 Å². The molecule has 0 bridgehead atoms. The van der Waals surface area contributed by atoms with Crippen molar-refractivity contribution in [3.63, 3.8) is 0 Å². The van der Waals surface area contributed by atoms with Crippen molar-refractivity contribution in [2.75, 3.05) is 18.6 Å².